The molecule has 3 rings (SSSR count). The second kappa shape index (κ2) is 8.23. The van der Waals surface area contributed by atoms with Crippen LogP contribution in [0.1, 0.15) is 11.4 Å². The number of nitrogens with zero attached hydrogens (tertiary/aromatic N) is 3. The molecule has 11 heteroatoms. The SMILES string of the molecule is NC(=O)Oc1ccc(/C=C/c2ncn(-c3ccc(OC(F)(F)F)cc3)n2)cc1Cl. The number of amides is 1. The lowest BCUT2D eigenvalue weighted by molar-refractivity contribution is -0.274. The zero-order valence-corrected chi connectivity index (χ0v) is 15.2. The van der Waals surface area contributed by atoms with E-state index < -0.39 is 12.5 Å². The van der Waals surface area contributed by atoms with E-state index in [9.17, 15) is 18.0 Å². The third-order valence-corrected chi connectivity index (χ3v) is 3.73. The second-order valence-electron chi connectivity index (χ2n) is 5.53. The molecule has 0 aliphatic carbocycles. The van der Waals surface area contributed by atoms with Crippen LogP contribution in [0.4, 0.5) is 18.0 Å². The predicted octanol–water partition coefficient (Wildman–Crippen LogP) is 4.45. The van der Waals surface area contributed by atoms with Gasteiger partial charge in [-0.25, -0.2) is 14.5 Å². The summed E-state index contributed by atoms with van der Waals surface area (Å²) < 4.78 is 46.6. The van der Waals surface area contributed by atoms with Gasteiger partial charge in [0, 0.05) is 0 Å². The smallest absolute Gasteiger partial charge is 0.409 e. The first-order chi connectivity index (χ1) is 13.7. The Kier molecular flexibility index (Phi) is 5.74. The van der Waals surface area contributed by atoms with Crippen LogP contribution < -0.4 is 15.2 Å². The van der Waals surface area contributed by atoms with Crippen LogP contribution in [0.5, 0.6) is 11.5 Å². The minimum absolute atomic E-state index is 0.136. The fourth-order valence-electron chi connectivity index (χ4n) is 2.26. The highest BCUT2D eigenvalue weighted by Gasteiger charge is 2.30. The van der Waals surface area contributed by atoms with Gasteiger partial charge in [0.2, 0.25) is 0 Å². The zero-order chi connectivity index (χ0) is 21.0. The number of nitrogens with two attached hydrogens (primary N) is 1. The summed E-state index contributed by atoms with van der Waals surface area (Å²) in [6.07, 6.45) is -1.02. The van der Waals surface area contributed by atoms with Crippen LogP contribution in [0, 0.1) is 0 Å². The van der Waals surface area contributed by atoms with Crippen molar-refractivity contribution in [2.75, 3.05) is 0 Å². The van der Waals surface area contributed by atoms with Crippen molar-refractivity contribution in [2.24, 2.45) is 5.73 Å². The predicted molar refractivity (Wildman–Crippen MR) is 98.6 cm³/mol. The third kappa shape index (κ3) is 5.72. The van der Waals surface area contributed by atoms with Crippen LogP contribution in [0.25, 0.3) is 17.8 Å². The Morgan fingerprint density at radius 3 is 2.48 bits per heavy atom. The average molecular weight is 425 g/mol. The molecule has 0 spiro atoms. The van der Waals surface area contributed by atoms with Crippen molar-refractivity contribution in [3.63, 3.8) is 0 Å². The lowest BCUT2D eigenvalue weighted by atomic mass is 10.2. The fourth-order valence-corrected chi connectivity index (χ4v) is 2.49. The zero-order valence-electron chi connectivity index (χ0n) is 14.4. The van der Waals surface area contributed by atoms with E-state index >= 15 is 0 Å². The Morgan fingerprint density at radius 1 is 1.14 bits per heavy atom. The Bertz CT molecular complexity index is 1050. The van der Waals surface area contributed by atoms with E-state index in [4.69, 9.17) is 22.1 Å². The van der Waals surface area contributed by atoms with Gasteiger partial charge in [-0.1, -0.05) is 23.7 Å². The fraction of sp³-hybridized carbons (Fsp3) is 0.0556. The maximum atomic E-state index is 12.2. The van der Waals surface area contributed by atoms with E-state index in [2.05, 4.69) is 14.8 Å². The van der Waals surface area contributed by atoms with Crippen LogP contribution in [0.3, 0.4) is 0 Å². The minimum atomic E-state index is -4.75. The molecule has 150 valence electrons. The first kappa shape index (κ1) is 20.2. The van der Waals surface area contributed by atoms with Crippen LogP contribution in [0.15, 0.2) is 48.8 Å². The maximum Gasteiger partial charge on any atom is 0.573 e. The highest BCUT2D eigenvalue weighted by atomic mass is 35.5. The summed E-state index contributed by atoms with van der Waals surface area (Å²) in [5, 5.41) is 4.42. The molecule has 29 heavy (non-hydrogen) atoms. The normalized spacial score (nSPS) is 11.6. The van der Waals surface area contributed by atoms with Crippen LogP contribution in [0.2, 0.25) is 5.02 Å². The summed E-state index contributed by atoms with van der Waals surface area (Å²) in [5.74, 6) is 0.160. The average Bonchev–Trinajstić information content (AvgIpc) is 3.10. The molecule has 0 saturated heterocycles. The molecular weight excluding hydrogens is 413 g/mol. The van der Waals surface area contributed by atoms with Gasteiger partial charge in [-0.15, -0.1) is 18.3 Å². The third-order valence-electron chi connectivity index (χ3n) is 3.44. The van der Waals surface area contributed by atoms with Crippen molar-refractivity contribution in [1.29, 1.82) is 0 Å². The highest BCUT2D eigenvalue weighted by molar-refractivity contribution is 6.32. The molecule has 0 atom stereocenters. The van der Waals surface area contributed by atoms with Gasteiger partial charge in [-0.2, -0.15) is 0 Å². The minimum Gasteiger partial charge on any atom is -0.409 e. The molecule has 3 aromatic rings. The van der Waals surface area contributed by atoms with E-state index in [0.717, 1.165) is 0 Å². The number of alkyl halides is 3. The number of carbonyl (C=O) groups excluding carboxylic acids is 1. The molecule has 0 bridgehead atoms. The van der Waals surface area contributed by atoms with Gasteiger partial charge in [0.15, 0.2) is 11.6 Å². The summed E-state index contributed by atoms with van der Waals surface area (Å²) >= 11 is 6.01. The number of aromatic nitrogens is 3. The first-order valence-corrected chi connectivity index (χ1v) is 8.30. The van der Waals surface area contributed by atoms with Crippen molar-refractivity contribution in [3.8, 4) is 17.2 Å². The number of carbonyl (C=O) groups is 1. The van der Waals surface area contributed by atoms with Crippen LogP contribution in [-0.2, 0) is 0 Å². The number of rotatable bonds is 5. The number of ether oxygens (including phenoxy) is 2. The van der Waals surface area contributed by atoms with Gasteiger partial charge in [-0.05, 0) is 48.0 Å². The summed E-state index contributed by atoms with van der Waals surface area (Å²) in [6.45, 7) is 0. The molecule has 1 amide bonds. The molecule has 1 heterocycles. The van der Waals surface area contributed by atoms with Gasteiger partial charge < -0.3 is 15.2 Å². The molecule has 0 aliphatic rings. The first-order valence-electron chi connectivity index (χ1n) is 7.92. The molecule has 0 saturated carbocycles. The Balaban J connectivity index is 1.70. The number of hydrogen-bond acceptors (Lipinski definition) is 5. The number of halogens is 4. The number of benzene rings is 2. The molecule has 0 aliphatic heterocycles. The molecule has 1 aromatic heterocycles. The molecule has 0 radical (unpaired) electrons. The lowest BCUT2D eigenvalue weighted by Crippen LogP contribution is -2.17. The Labute approximate surface area is 167 Å². The highest BCUT2D eigenvalue weighted by Crippen LogP contribution is 2.26. The van der Waals surface area contributed by atoms with Gasteiger partial charge in [0.25, 0.3) is 0 Å². The Morgan fingerprint density at radius 2 is 1.86 bits per heavy atom. The lowest BCUT2D eigenvalue weighted by Gasteiger charge is -2.09. The second-order valence-corrected chi connectivity index (χ2v) is 5.94. The molecule has 7 nitrogen and oxygen atoms in total. The number of hydrogen-bond donors (Lipinski definition) is 1. The van der Waals surface area contributed by atoms with Gasteiger partial charge >= 0.3 is 12.5 Å². The van der Waals surface area contributed by atoms with Crippen molar-refractivity contribution < 1.29 is 27.4 Å². The maximum absolute atomic E-state index is 12.2. The molecule has 0 fully saturated rings. The van der Waals surface area contributed by atoms with Gasteiger partial charge in [0.05, 0.1) is 10.7 Å². The Hall–Kier alpha value is -3.53. The van der Waals surface area contributed by atoms with E-state index in [-0.39, 0.29) is 16.5 Å². The topological polar surface area (TPSA) is 92.3 Å². The summed E-state index contributed by atoms with van der Waals surface area (Å²) in [4.78, 5) is 14.9. The van der Waals surface area contributed by atoms with Crippen molar-refractivity contribution in [2.45, 2.75) is 6.36 Å². The number of primary amides is 1. The molecule has 0 unspecified atom stereocenters. The van der Waals surface area contributed by atoms with Crippen LogP contribution >= 0.6 is 11.6 Å². The standard InChI is InChI=1S/C18H12ClF3N4O3/c19-14-9-11(1-7-15(14)28-17(23)27)2-8-16-24-10-26(25-16)12-3-5-13(6-4-12)29-18(20,21)22/h1-10H,(H2,23,27)/b8-2+. The molecular formula is C18H12ClF3N4O3. The molecule has 2 aromatic carbocycles. The summed E-state index contributed by atoms with van der Waals surface area (Å²) in [6, 6.07) is 9.89. The van der Waals surface area contributed by atoms with E-state index in [1.54, 1.807) is 24.3 Å². The van der Waals surface area contributed by atoms with Gasteiger partial charge in [0.1, 0.15) is 12.1 Å². The van der Waals surface area contributed by atoms with Crippen LogP contribution in [-0.4, -0.2) is 27.2 Å². The molecule has 2 N–H and O–H groups in total. The largest absolute Gasteiger partial charge is 0.573 e. The van der Waals surface area contributed by atoms with E-state index in [0.29, 0.717) is 17.1 Å². The van der Waals surface area contributed by atoms with E-state index in [1.165, 1.54) is 41.3 Å². The van der Waals surface area contributed by atoms with Crippen molar-refractivity contribution in [1.82, 2.24) is 14.8 Å². The van der Waals surface area contributed by atoms with E-state index in [1.807, 2.05) is 0 Å². The van der Waals surface area contributed by atoms with Crippen molar-refractivity contribution in [3.05, 3.63) is 65.2 Å². The van der Waals surface area contributed by atoms with Gasteiger partial charge in [-0.3, -0.25) is 0 Å². The summed E-state index contributed by atoms with van der Waals surface area (Å²) in [5.41, 5.74) is 6.14. The quantitative estimate of drug-likeness (QED) is 0.653. The van der Waals surface area contributed by atoms with Crippen molar-refractivity contribution >= 4 is 29.8 Å². The monoisotopic (exact) mass is 424 g/mol. The summed E-state index contributed by atoms with van der Waals surface area (Å²) in [7, 11) is 0.